The SMILES string of the molecule is C=C1[C@H]2CC[C@H](C2)[C@@]1(C)CCO. The van der Waals surface area contributed by atoms with Gasteiger partial charge in [0.2, 0.25) is 0 Å². The minimum atomic E-state index is 0.275. The Morgan fingerprint density at radius 2 is 2.33 bits per heavy atom. The van der Waals surface area contributed by atoms with Crippen LogP contribution in [0.4, 0.5) is 0 Å². The number of rotatable bonds is 2. The lowest BCUT2D eigenvalue weighted by molar-refractivity contribution is 0.173. The van der Waals surface area contributed by atoms with Gasteiger partial charge in [-0.15, -0.1) is 0 Å². The van der Waals surface area contributed by atoms with Gasteiger partial charge in [0.05, 0.1) is 0 Å². The number of hydrogen-bond donors (Lipinski definition) is 1. The van der Waals surface area contributed by atoms with Crippen LogP contribution in [-0.2, 0) is 0 Å². The third kappa shape index (κ3) is 0.891. The molecule has 0 aromatic rings. The van der Waals surface area contributed by atoms with Gasteiger partial charge in [-0.1, -0.05) is 19.1 Å². The molecule has 0 aliphatic heterocycles. The molecular formula is C11H18O. The summed E-state index contributed by atoms with van der Waals surface area (Å²) < 4.78 is 0. The molecule has 12 heavy (non-hydrogen) atoms. The van der Waals surface area contributed by atoms with Crippen LogP contribution >= 0.6 is 0 Å². The van der Waals surface area contributed by atoms with Crippen LogP contribution in [0.15, 0.2) is 12.2 Å². The lowest BCUT2D eigenvalue weighted by Crippen LogP contribution is -2.27. The molecule has 1 N–H and O–H groups in total. The number of allylic oxidation sites excluding steroid dienone is 1. The molecule has 2 aliphatic carbocycles. The topological polar surface area (TPSA) is 20.2 Å². The number of aliphatic hydroxyl groups excluding tert-OH is 1. The summed E-state index contributed by atoms with van der Waals surface area (Å²) in [6.07, 6.45) is 4.98. The van der Waals surface area contributed by atoms with Gasteiger partial charge in [0.25, 0.3) is 0 Å². The summed E-state index contributed by atoms with van der Waals surface area (Å²) >= 11 is 0. The Bertz CT molecular complexity index is 209. The third-order valence-corrected chi connectivity index (χ3v) is 4.19. The molecular weight excluding hydrogens is 148 g/mol. The smallest absolute Gasteiger partial charge is 0.0439 e. The van der Waals surface area contributed by atoms with Gasteiger partial charge in [0.1, 0.15) is 0 Å². The predicted molar refractivity (Wildman–Crippen MR) is 49.8 cm³/mol. The van der Waals surface area contributed by atoms with Crippen molar-refractivity contribution in [3.63, 3.8) is 0 Å². The Labute approximate surface area is 74.5 Å². The van der Waals surface area contributed by atoms with Crippen molar-refractivity contribution in [3.8, 4) is 0 Å². The van der Waals surface area contributed by atoms with Gasteiger partial charge in [-0.25, -0.2) is 0 Å². The summed E-state index contributed by atoms with van der Waals surface area (Å²) in [7, 11) is 0. The van der Waals surface area contributed by atoms with Crippen molar-refractivity contribution >= 4 is 0 Å². The van der Waals surface area contributed by atoms with Crippen molar-refractivity contribution in [2.75, 3.05) is 6.61 Å². The van der Waals surface area contributed by atoms with E-state index in [0.29, 0.717) is 6.61 Å². The monoisotopic (exact) mass is 166 g/mol. The Kier molecular flexibility index (Phi) is 1.80. The zero-order valence-corrected chi connectivity index (χ0v) is 7.84. The fourth-order valence-electron chi connectivity index (χ4n) is 3.20. The van der Waals surface area contributed by atoms with E-state index in [1.165, 1.54) is 24.8 Å². The van der Waals surface area contributed by atoms with Crippen LogP contribution in [-0.4, -0.2) is 11.7 Å². The molecule has 1 nitrogen and oxygen atoms in total. The first-order chi connectivity index (χ1) is 5.68. The van der Waals surface area contributed by atoms with Crippen LogP contribution in [0.25, 0.3) is 0 Å². The highest BCUT2D eigenvalue weighted by Crippen LogP contribution is 2.59. The number of fused-ring (bicyclic) bond motifs is 2. The minimum absolute atomic E-state index is 0.275. The van der Waals surface area contributed by atoms with E-state index in [0.717, 1.165) is 18.3 Å². The fraction of sp³-hybridized carbons (Fsp3) is 0.818. The van der Waals surface area contributed by atoms with Gasteiger partial charge < -0.3 is 5.11 Å². The summed E-state index contributed by atoms with van der Waals surface area (Å²) in [6.45, 7) is 6.80. The summed E-state index contributed by atoms with van der Waals surface area (Å²) in [6, 6.07) is 0. The number of hydrogen-bond acceptors (Lipinski definition) is 1. The van der Waals surface area contributed by atoms with E-state index in [1.54, 1.807) is 0 Å². The Hall–Kier alpha value is -0.300. The first-order valence-corrected chi connectivity index (χ1v) is 4.98. The molecule has 68 valence electrons. The zero-order chi connectivity index (χ0) is 8.77. The van der Waals surface area contributed by atoms with Crippen LogP contribution in [0, 0.1) is 17.3 Å². The second kappa shape index (κ2) is 2.59. The third-order valence-electron chi connectivity index (χ3n) is 4.19. The molecule has 2 fully saturated rings. The maximum Gasteiger partial charge on any atom is 0.0439 e. The molecule has 2 rings (SSSR count). The largest absolute Gasteiger partial charge is 0.396 e. The van der Waals surface area contributed by atoms with Crippen LogP contribution in [0.5, 0.6) is 0 Å². The van der Waals surface area contributed by atoms with E-state index < -0.39 is 0 Å². The number of aliphatic hydroxyl groups is 1. The molecule has 2 aliphatic rings. The van der Waals surface area contributed by atoms with Crippen LogP contribution in [0.3, 0.4) is 0 Å². The lowest BCUT2D eigenvalue weighted by atomic mass is 9.70. The Morgan fingerprint density at radius 3 is 2.83 bits per heavy atom. The van der Waals surface area contributed by atoms with Gasteiger partial charge in [-0.3, -0.25) is 0 Å². The van der Waals surface area contributed by atoms with Crippen LogP contribution in [0.1, 0.15) is 32.6 Å². The van der Waals surface area contributed by atoms with E-state index in [9.17, 15) is 0 Å². The second-order valence-corrected chi connectivity index (χ2v) is 4.62. The van der Waals surface area contributed by atoms with Gasteiger partial charge >= 0.3 is 0 Å². The van der Waals surface area contributed by atoms with Gasteiger partial charge in [-0.05, 0) is 42.9 Å². The predicted octanol–water partition coefficient (Wildman–Crippen LogP) is 2.36. The molecule has 3 atom stereocenters. The van der Waals surface area contributed by atoms with E-state index >= 15 is 0 Å². The van der Waals surface area contributed by atoms with E-state index in [4.69, 9.17) is 5.11 Å². The van der Waals surface area contributed by atoms with Crippen molar-refractivity contribution in [1.29, 1.82) is 0 Å². The highest BCUT2D eigenvalue weighted by atomic mass is 16.3. The van der Waals surface area contributed by atoms with E-state index in [-0.39, 0.29) is 5.41 Å². The van der Waals surface area contributed by atoms with Gasteiger partial charge in [-0.2, -0.15) is 0 Å². The summed E-state index contributed by atoms with van der Waals surface area (Å²) in [5.41, 5.74) is 1.70. The highest BCUT2D eigenvalue weighted by molar-refractivity contribution is 5.24. The minimum Gasteiger partial charge on any atom is -0.396 e. The summed E-state index contributed by atoms with van der Waals surface area (Å²) in [5, 5.41) is 9.00. The molecule has 0 aromatic heterocycles. The van der Waals surface area contributed by atoms with Crippen molar-refractivity contribution in [2.24, 2.45) is 17.3 Å². The maximum absolute atomic E-state index is 9.00. The standard InChI is InChI=1S/C11H18O/c1-8-9-3-4-10(7-9)11(8,2)5-6-12/h9-10,12H,1,3-7H2,2H3/t9-,10+,11-/m0/s1. The first-order valence-electron chi connectivity index (χ1n) is 4.98. The van der Waals surface area contributed by atoms with Gasteiger partial charge in [0, 0.05) is 6.61 Å². The molecule has 0 unspecified atom stereocenters. The molecule has 0 amide bonds. The van der Waals surface area contributed by atoms with E-state index in [2.05, 4.69) is 13.5 Å². The summed E-state index contributed by atoms with van der Waals surface area (Å²) in [4.78, 5) is 0. The fourth-order valence-corrected chi connectivity index (χ4v) is 3.20. The van der Waals surface area contributed by atoms with Crippen LogP contribution < -0.4 is 0 Å². The van der Waals surface area contributed by atoms with Crippen molar-refractivity contribution in [2.45, 2.75) is 32.6 Å². The first kappa shape index (κ1) is 8.31. The Balaban J connectivity index is 2.20. The molecule has 0 aromatic carbocycles. The highest BCUT2D eigenvalue weighted by Gasteiger charge is 2.49. The zero-order valence-electron chi connectivity index (χ0n) is 7.84. The van der Waals surface area contributed by atoms with Crippen molar-refractivity contribution in [1.82, 2.24) is 0 Å². The van der Waals surface area contributed by atoms with Crippen LogP contribution in [0.2, 0.25) is 0 Å². The molecule has 2 saturated carbocycles. The lowest BCUT2D eigenvalue weighted by Gasteiger charge is -2.35. The molecule has 0 spiro atoms. The van der Waals surface area contributed by atoms with Gasteiger partial charge in [0.15, 0.2) is 0 Å². The summed E-state index contributed by atoms with van der Waals surface area (Å²) in [5.74, 6) is 1.61. The molecule has 0 heterocycles. The molecule has 2 bridgehead atoms. The van der Waals surface area contributed by atoms with E-state index in [1.807, 2.05) is 0 Å². The second-order valence-electron chi connectivity index (χ2n) is 4.62. The average molecular weight is 166 g/mol. The van der Waals surface area contributed by atoms with Crippen molar-refractivity contribution < 1.29 is 5.11 Å². The molecule has 1 heteroatoms. The quantitative estimate of drug-likeness (QED) is 0.624. The maximum atomic E-state index is 9.00. The molecule has 0 saturated heterocycles. The van der Waals surface area contributed by atoms with Crippen molar-refractivity contribution in [3.05, 3.63) is 12.2 Å². The average Bonchev–Trinajstić information content (AvgIpc) is 2.57. The molecule has 0 radical (unpaired) electrons. The normalized spacial score (nSPS) is 45.7. The Morgan fingerprint density at radius 1 is 1.58 bits per heavy atom.